The van der Waals surface area contributed by atoms with E-state index in [1.807, 2.05) is 0 Å². The van der Waals surface area contributed by atoms with Crippen molar-refractivity contribution in [2.75, 3.05) is 0 Å². The molecule has 1 heterocycles. The molecule has 1 aromatic heterocycles. The van der Waals surface area contributed by atoms with E-state index in [1.54, 1.807) is 0 Å². The number of carboxylic acids is 1. The van der Waals surface area contributed by atoms with Crippen LogP contribution in [0.3, 0.4) is 0 Å². The van der Waals surface area contributed by atoms with Gasteiger partial charge in [0.15, 0.2) is 11.5 Å². The highest BCUT2D eigenvalue weighted by atomic mass is 16.4. The minimum atomic E-state index is -1.12. The molecule has 5 nitrogen and oxygen atoms in total. The van der Waals surface area contributed by atoms with Crippen molar-refractivity contribution in [2.24, 2.45) is 0 Å². The molecule has 0 atom stereocenters. The molecule has 1 aromatic rings. The second-order valence-corrected chi connectivity index (χ2v) is 4.61. The number of carbonyl (C=O) groups excluding carboxylic acids is 1. The summed E-state index contributed by atoms with van der Waals surface area (Å²) < 4.78 is 0. The van der Waals surface area contributed by atoms with Crippen molar-refractivity contribution >= 4 is 11.8 Å². The first-order valence-corrected chi connectivity index (χ1v) is 5.84. The van der Waals surface area contributed by atoms with Crippen molar-refractivity contribution in [3.63, 3.8) is 0 Å². The third kappa shape index (κ3) is 1.71. The number of aromatic nitrogens is 2. The van der Waals surface area contributed by atoms with Crippen LogP contribution in [0.4, 0.5) is 0 Å². The van der Waals surface area contributed by atoms with E-state index in [1.165, 1.54) is 0 Å². The summed E-state index contributed by atoms with van der Waals surface area (Å²) in [5, 5.41) is 9.14. The molecule has 0 aromatic carbocycles. The van der Waals surface area contributed by atoms with Gasteiger partial charge in [0, 0.05) is 12.3 Å². The molecule has 0 amide bonds. The number of carboxylic acid groups (broad SMARTS) is 1. The summed E-state index contributed by atoms with van der Waals surface area (Å²) >= 11 is 0. The second kappa shape index (κ2) is 3.61. The fraction of sp³-hybridized carbons (Fsp3) is 0.500. The third-order valence-electron chi connectivity index (χ3n) is 3.24. The normalized spacial score (nSPS) is 18.9. The van der Waals surface area contributed by atoms with Crippen LogP contribution in [0, 0.1) is 0 Å². The van der Waals surface area contributed by atoms with Gasteiger partial charge in [-0.25, -0.2) is 14.8 Å². The summed E-state index contributed by atoms with van der Waals surface area (Å²) in [6.07, 6.45) is 3.88. The predicted octanol–water partition coefficient (Wildman–Crippen LogP) is 1.57. The molecule has 2 aliphatic rings. The number of rotatable bonds is 2. The Balaban J connectivity index is 2.19. The van der Waals surface area contributed by atoms with E-state index >= 15 is 0 Å². The maximum Gasteiger partial charge on any atom is 0.355 e. The van der Waals surface area contributed by atoms with Gasteiger partial charge >= 0.3 is 5.97 Å². The van der Waals surface area contributed by atoms with Gasteiger partial charge in [-0.2, -0.15) is 0 Å². The van der Waals surface area contributed by atoms with Crippen LogP contribution in [-0.2, 0) is 6.42 Å². The van der Waals surface area contributed by atoms with Gasteiger partial charge in [0.25, 0.3) is 0 Å². The van der Waals surface area contributed by atoms with Gasteiger partial charge in [-0.15, -0.1) is 0 Å². The fourth-order valence-electron chi connectivity index (χ4n) is 2.22. The molecule has 1 N–H and O–H groups in total. The average Bonchev–Trinajstić information content (AvgIpc) is 3.11. The number of Topliss-reactive ketones (excluding diaryl/α,β-unsaturated/α-hetero) is 1. The Hall–Kier alpha value is -1.78. The molecule has 3 rings (SSSR count). The number of aryl methyl sites for hydroxylation is 1. The number of aromatic carboxylic acids is 1. The number of hydrogen-bond acceptors (Lipinski definition) is 4. The molecular weight excluding hydrogens is 220 g/mol. The number of carbonyl (C=O) groups is 2. The lowest BCUT2D eigenvalue weighted by atomic mass is 9.93. The van der Waals surface area contributed by atoms with Crippen molar-refractivity contribution in [1.82, 2.24) is 9.97 Å². The zero-order chi connectivity index (χ0) is 12.0. The van der Waals surface area contributed by atoms with Crippen LogP contribution in [0.15, 0.2) is 0 Å². The maximum absolute atomic E-state index is 11.8. The Morgan fingerprint density at radius 1 is 1.24 bits per heavy atom. The molecule has 0 unspecified atom stereocenters. The monoisotopic (exact) mass is 232 g/mol. The van der Waals surface area contributed by atoms with Gasteiger partial charge in [0.05, 0.1) is 11.3 Å². The Morgan fingerprint density at radius 2 is 2.00 bits per heavy atom. The van der Waals surface area contributed by atoms with Gasteiger partial charge in [-0.05, 0) is 25.7 Å². The van der Waals surface area contributed by atoms with Gasteiger partial charge in [0.2, 0.25) is 0 Å². The van der Waals surface area contributed by atoms with Crippen LogP contribution in [0.5, 0.6) is 0 Å². The minimum Gasteiger partial charge on any atom is -0.476 e. The lowest BCUT2D eigenvalue weighted by molar-refractivity contribution is 0.0683. The van der Waals surface area contributed by atoms with E-state index in [4.69, 9.17) is 5.11 Å². The maximum atomic E-state index is 11.8. The molecule has 1 fully saturated rings. The standard InChI is InChI=1S/C12H12N2O3/c15-8-3-1-2-7-9(8)10(12(16)17)14-11(13-7)6-4-5-6/h6H,1-5H2,(H,16,17). The molecule has 1 saturated carbocycles. The molecule has 0 spiro atoms. The van der Waals surface area contributed by atoms with E-state index in [9.17, 15) is 9.59 Å². The van der Waals surface area contributed by atoms with Crippen LogP contribution < -0.4 is 0 Å². The van der Waals surface area contributed by atoms with Gasteiger partial charge in [0.1, 0.15) is 5.82 Å². The van der Waals surface area contributed by atoms with Crippen LogP contribution in [-0.4, -0.2) is 26.8 Å². The van der Waals surface area contributed by atoms with Crippen molar-refractivity contribution in [3.8, 4) is 0 Å². The lowest BCUT2D eigenvalue weighted by Crippen LogP contribution is -2.21. The Morgan fingerprint density at radius 3 is 2.65 bits per heavy atom. The summed E-state index contributed by atoms with van der Waals surface area (Å²) in [7, 11) is 0. The number of ketones is 1. The molecule has 0 radical (unpaired) electrons. The van der Waals surface area contributed by atoms with Crippen LogP contribution in [0.25, 0.3) is 0 Å². The zero-order valence-corrected chi connectivity index (χ0v) is 9.27. The largest absolute Gasteiger partial charge is 0.476 e. The zero-order valence-electron chi connectivity index (χ0n) is 9.27. The third-order valence-corrected chi connectivity index (χ3v) is 3.24. The van der Waals surface area contributed by atoms with Crippen LogP contribution in [0.2, 0.25) is 0 Å². The molecule has 88 valence electrons. The highest BCUT2D eigenvalue weighted by molar-refractivity contribution is 6.06. The Bertz CT molecular complexity index is 521. The van der Waals surface area contributed by atoms with Crippen molar-refractivity contribution in [2.45, 2.75) is 38.0 Å². The summed E-state index contributed by atoms with van der Waals surface area (Å²) in [5.74, 6) is -0.349. The SMILES string of the molecule is O=C(O)c1nc(C2CC2)nc2c1C(=O)CCC2. The first-order valence-electron chi connectivity index (χ1n) is 5.84. The van der Waals surface area contributed by atoms with E-state index in [0.717, 1.165) is 19.3 Å². The highest BCUT2D eigenvalue weighted by Crippen LogP contribution is 2.39. The Labute approximate surface area is 97.9 Å². The minimum absolute atomic E-state index is 0.0957. The number of fused-ring (bicyclic) bond motifs is 1. The predicted molar refractivity (Wildman–Crippen MR) is 58.2 cm³/mol. The summed E-state index contributed by atoms with van der Waals surface area (Å²) in [6, 6.07) is 0. The fourth-order valence-corrected chi connectivity index (χ4v) is 2.22. The van der Waals surface area contributed by atoms with E-state index < -0.39 is 5.97 Å². The first kappa shape index (κ1) is 10.4. The summed E-state index contributed by atoms with van der Waals surface area (Å²) in [4.78, 5) is 31.4. The average molecular weight is 232 g/mol. The molecule has 2 aliphatic carbocycles. The smallest absolute Gasteiger partial charge is 0.355 e. The van der Waals surface area contributed by atoms with E-state index in [-0.39, 0.29) is 17.0 Å². The second-order valence-electron chi connectivity index (χ2n) is 4.61. The molecule has 0 saturated heterocycles. The van der Waals surface area contributed by atoms with Crippen LogP contribution in [0.1, 0.15) is 64.0 Å². The molecule has 0 bridgehead atoms. The number of nitrogens with zero attached hydrogens (tertiary/aromatic N) is 2. The van der Waals surface area contributed by atoms with Gasteiger partial charge in [-0.1, -0.05) is 0 Å². The van der Waals surface area contributed by atoms with Crippen molar-refractivity contribution < 1.29 is 14.7 Å². The molecule has 0 aliphatic heterocycles. The van der Waals surface area contributed by atoms with Gasteiger partial charge in [-0.3, -0.25) is 4.79 Å². The highest BCUT2D eigenvalue weighted by Gasteiger charge is 2.32. The molecular formula is C12H12N2O3. The van der Waals surface area contributed by atoms with Crippen molar-refractivity contribution in [1.29, 1.82) is 0 Å². The lowest BCUT2D eigenvalue weighted by Gasteiger charge is -2.16. The van der Waals surface area contributed by atoms with Gasteiger partial charge < -0.3 is 5.11 Å². The number of hydrogen-bond donors (Lipinski definition) is 1. The summed E-state index contributed by atoms with van der Waals surface area (Å²) in [6.45, 7) is 0. The van der Waals surface area contributed by atoms with E-state index in [2.05, 4.69) is 9.97 Å². The summed E-state index contributed by atoms with van der Waals surface area (Å²) in [5.41, 5.74) is 0.783. The molecule has 17 heavy (non-hydrogen) atoms. The first-order chi connectivity index (χ1) is 8.16. The van der Waals surface area contributed by atoms with Crippen LogP contribution >= 0.6 is 0 Å². The molecule has 5 heteroatoms. The van der Waals surface area contributed by atoms with E-state index in [0.29, 0.717) is 30.3 Å². The van der Waals surface area contributed by atoms with Crippen molar-refractivity contribution in [3.05, 3.63) is 22.8 Å². The Kier molecular flexibility index (Phi) is 2.21. The topological polar surface area (TPSA) is 80.2 Å². The quantitative estimate of drug-likeness (QED) is 0.837.